The van der Waals surface area contributed by atoms with Crippen molar-refractivity contribution in [1.29, 1.82) is 0 Å². The van der Waals surface area contributed by atoms with Crippen LogP contribution in [0.2, 0.25) is 0 Å². The van der Waals surface area contributed by atoms with Crippen LogP contribution < -0.4 is 0 Å². The third-order valence-corrected chi connectivity index (χ3v) is 11.2. The van der Waals surface area contributed by atoms with Crippen molar-refractivity contribution in [3.63, 3.8) is 0 Å². The van der Waals surface area contributed by atoms with Gasteiger partial charge in [-0.1, -0.05) is 119 Å². The number of hydrogen-bond donors (Lipinski definition) is 0. The molecule has 4 heteroatoms. The molecule has 1 aliphatic carbocycles. The third kappa shape index (κ3) is 4.66. The van der Waals surface area contributed by atoms with Gasteiger partial charge < -0.3 is 9.13 Å². The van der Waals surface area contributed by atoms with E-state index in [1.165, 1.54) is 49.6 Å². The van der Waals surface area contributed by atoms with E-state index in [1.54, 1.807) is 0 Å². The van der Waals surface area contributed by atoms with Gasteiger partial charge in [-0.15, -0.1) is 0 Å². The first-order chi connectivity index (χ1) is 24.3. The minimum absolute atomic E-state index is 0.120. The van der Waals surface area contributed by atoms with E-state index in [0.717, 1.165) is 28.7 Å². The summed E-state index contributed by atoms with van der Waals surface area (Å²) >= 11 is 0. The second-order valence-corrected chi connectivity index (χ2v) is 14.7. The monoisotopic (exact) mass is 648 g/mol. The Hall–Kier alpha value is -5.74. The Labute approximate surface area is 293 Å². The predicted octanol–water partition coefficient (Wildman–Crippen LogP) is 11.4. The van der Waals surface area contributed by atoms with Gasteiger partial charge in [-0.3, -0.25) is 9.97 Å². The highest BCUT2D eigenvalue weighted by atomic mass is 15.0. The topological polar surface area (TPSA) is 35.6 Å². The summed E-state index contributed by atoms with van der Waals surface area (Å²) in [5, 5.41) is 2.39. The van der Waals surface area contributed by atoms with Gasteiger partial charge in [-0.25, -0.2) is 0 Å². The standard InChI is InChI=1S/C46H40N4/c1-45(2,33-21-25-35(26-22-33)49-39-13-7-5-11-37(39)43-41(49)15-9-29-47-43)31-17-19-32(20-18-31)46(3,4)34-23-27-36(28-24-34)50-40-14-8-6-12-38(40)44-42(50)16-10-30-48-44/h5-27,29-30,36H,28H2,1-4H3. The summed E-state index contributed by atoms with van der Waals surface area (Å²) in [7, 11) is 0. The number of nitrogens with zero attached hydrogens (tertiary/aromatic N) is 4. The van der Waals surface area contributed by atoms with Crippen molar-refractivity contribution in [3.8, 4) is 5.69 Å². The van der Waals surface area contributed by atoms with E-state index in [4.69, 9.17) is 9.97 Å². The molecule has 4 aromatic carbocycles. The van der Waals surface area contributed by atoms with Gasteiger partial charge >= 0.3 is 0 Å². The zero-order valence-electron chi connectivity index (χ0n) is 29.0. The van der Waals surface area contributed by atoms with Crippen LogP contribution in [0, 0.1) is 0 Å². The number of para-hydroxylation sites is 2. The fourth-order valence-electron chi connectivity index (χ4n) is 8.16. The van der Waals surface area contributed by atoms with Crippen LogP contribution in [-0.4, -0.2) is 19.1 Å². The summed E-state index contributed by atoms with van der Waals surface area (Å²) in [4.78, 5) is 9.44. The average molecular weight is 649 g/mol. The summed E-state index contributed by atoms with van der Waals surface area (Å²) in [6, 6.07) is 44.2. The number of pyridine rings is 2. The van der Waals surface area contributed by atoms with Crippen molar-refractivity contribution in [3.05, 3.63) is 174 Å². The molecule has 0 saturated carbocycles. The lowest BCUT2D eigenvalue weighted by Crippen LogP contribution is -2.23. The lowest BCUT2D eigenvalue weighted by atomic mass is 9.73. The Balaban J connectivity index is 0.968. The van der Waals surface area contributed by atoms with Crippen molar-refractivity contribution in [2.24, 2.45) is 0 Å². The van der Waals surface area contributed by atoms with E-state index in [0.29, 0.717) is 0 Å². The van der Waals surface area contributed by atoms with Crippen molar-refractivity contribution >= 4 is 43.9 Å². The van der Waals surface area contributed by atoms with Crippen LogP contribution in [0.25, 0.3) is 49.6 Å². The molecule has 0 fully saturated rings. The Morgan fingerprint density at radius 1 is 0.540 bits per heavy atom. The molecule has 50 heavy (non-hydrogen) atoms. The Kier molecular flexibility index (Phi) is 6.93. The van der Waals surface area contributed by atoms with Crippen LogP contribution in [0.3, 0.4) is 0 Å². The molecule has 0 saturated heterocycles. The highest BCUT2D eigenvalue weighted by Crippen LogP contribution is 2.40. The van der Waals surface area contributed by atoms with Gasteiger partial charge in [-0.05, 0) is 77.2 Å². The second-order valence-electron chi connectivity index (χ2n) is 14.7. The smallest absolute Gasteiger partial charge is 0.0963 e. The fourth-order valence-corrected chi connectivity index (χ4v) is 8.16. The molecule has 8 aromatic rings. The van der Waals surface area contributed by atoms with Crippen molar-refractivity contribution in [1.82, 2.24) is 19.1 Å². The SMILES string of the molecule is CC(C)(C1=CCC(n2c3ccccc3c3ncccc32)C=C1)c1ccc(C(C)(C)c2ccc(-n3c4ccccc4c4ncccc43)cc2)cc1. The lowest BCUT2D eigenvalue weighted by molar-refractivity contribution is 0.595. The van der Waals surface area contributed by atoms with Gasteiger partial charge in [0.1, 0.15) is 0 Å². The molecule has 9 rings (SSSR count). The normalized spacial score (nSPS) is 15.4. The molecule has 0 bridgehead atoms. The zero-order chi connectivity index (χ0) is 34.0. The van der Waals surface area contributed by atoms with Crippen LogP contribution >= 0.6 is 0 Å². The maximum absolute atomic E-state index is 4.73. The zero-order valence-corrected chi connectivity index (χ0v) is 29.0. The Morgan fingerprint density at radius 3 is 1.70 bits per heavy atom. The Morgan fingerprint density at radius 2 is 1.06 bits per heavy atom. The van der Waals surface area contributed by atoms with Crippen molar-refractivity contribution in [2.45, 2.75) is 51.0 Å². The van der Waals surface area contributed by atoms with E-state index in [9.17, 15) is 0 Å². The van der Waals surface area contributed by atoms with E-state index >= 15 is 0 Å². The summed E-state index contributed by atoms with van der Waals surface area (Å²) in [5.41, 5.74) is 13.0. The molecule has 0 amide bonds. The summed E-state index contributed by atoms with van der Waals surface area (Å²) in [5.74, 6) is 0. The van der Waals surface area contributed by atoms with Crippen LogP contribution in [-0.2, 0) is 10.8 Å². The first-order valence-electron chi connectivity index (χ1n) is 17.6. The highest BCUT2D eigenvalue weighted by Gasteiger charge is 2.29. The average Bonchev–Trinajstić information content (AvgIpc) is 3.68. The number of fused-ring (bicyclic) bond motifs is 6. The van der Waals surface area contributed by atoms with Gasteiger partial charge in [-0.2, -0.15) is 0 Å². The molecule has 1 atom stereocenters. The number of benzene rings is 4. The van der Waals surface area contributed by atoms with E-state index < -0.39 is 0 Å². The van der Waals surface area contributed by atoms with Crippen LogP contribution in [0.15, 0.2) is 158 Å². The summed E-state index contributed by atoms with van der Waals surface area (Å²) in [6.07, 6.45) is 11.9. The fraction of sp³-hybridized carbons (Fsp3) is 0.174. The predicted molar refractivity (Wildman–Crippen MR) is 208 cm³/mol. The maximum atomic E-state index is 4.73. The molecule has 0 spiro atoms. The lowest BCUT2D eigenvalue weighted by Gasteiger charge is -2.32. The second kappa shape index (κ2) is 11.4. The highest BCUT2D eigenvalue weighted by molar-refractivity contribution is 6.07. The van der Waals surface area contributed by atoms with Gasteiger partial charge in [0.25, 0.3) is 0 Å². The molecule has 0 aliphatic heterocycles. The van der Waals surface area contributed by atoms with Gasteiger partial charge in [0, 0.05) is 39.7 Å². The molecule has 244 valence electrons. The first kappa shape index (κ1) is 30.3. The van der Waals surface area contributed by atoms with Gasteiger partial charge in [0.15, 0.2) is 0 Å². The van der Waals surface area contributed by atoms with E-state index in [2.05, 4.69) is 164 Å². The molecule has 4 aromatic heterocycles. The molecule has 0 radical (unpaired) electrons. The van der Waals surface area contributed by atoms with Crippen LogP contribution in [0.4, 0.5) is 0 Å². The molecule has 4 nitrogen and oxygen atoms in total. The maximum Gasteiger partial charge on any atom is 0.0963 e. The molecule has 1 aliphatic rings. The van der Waals surface area contributed by atoms with Crippen molar-refractivity contribution < 1.29 is 0 Å². The summed E-state index contributed by atoms with van der Waals surface area (Å²) in [6.45, 7) is 9.33. The number of rotatable bonds is 6. The Bertz CT molecular complexity index is 2500. The van der Waals surface area contributed by atoms with Gasteiger partial charge in [0.05, 0.1) is 39.1 Å². The number of allylic oxidation sites excluding steroid dienone is 4. The molecular weight excluding hydrogens is 609 g/mol. The molecular formula is C46H40N4. The number of hydrogen-bond acceptors (Lipinski definition) is 2. The third-order valence-electron chi connectivity index (χ3n) is 11.2. The van der Waals surface area contributed by atoms with Crippen LogP contribution in [0.5, 0.6) is 0 Å². The van der Waals surface area contributed by atoms with Crippen LogP contribution in [0.1, 0.15) is 56.8 Å². The minimum atomic E-state index is -0.155. The first-order valence-corrected chi connectivity index (χ1v) is 17.6. The quantitative estimate of drug-likeness (QED) is 0.180. The largest absolute Gasteiger partial charge is 0.332 e. The minimum Gasteiger partial charge on any atom is -0.332 e. The van der Waals surface area contributed by atoms with Gasteiger partial charge in [0.2, 0.25) is 0 Å². The van der Waals surface area contributed by atoms with E-state index in [1.807, 2.05) is 24.5 Å². The van der Waals surface area contributed by atoms with Crippen molar-refractivity contribution in [2.75, 3.05) is 0 Å². The number of aromatic nitrogens is 4. The molecule has 0 N–H and O–H groups in total. The van der Waals surface area contributed by atoms with E-state index in [-0.39, 0.29) is 16.9 Å². The molecule has 1 unspecified atom stereocenters. The molecule has 4 heterocycles. The summed E-state index contributed by atoms with van der Waals surface area (Å²) < 4.78 is 4.78.